The summed E-state index contributed by atoms with van der Waals surface area (Å²) in [5, 5.41) is 0. The lowest BCUT2D eigenvalue weighted by molar-refractivity contribution is -0.0459. The molecule has 0 bridgehead atoms. The molecule has 80 valence electrons. The van der Waals surface area contributed by atoms with Gasteiger partial charge in [0.1, 0.15) is 6.29 Å². The van der Waals surface area contributed by atoms with E-state index in [0.29, 0.717) is 5.41 Å². The molecule has 2 nitrogen and oxygen atoms in total. The number of ether oxygens (including phenoxy) is 1. The van der Waals surface area contributed by atoms with E-state index in [9.17, 15) is 0 Å². The smallest absolute Gasteiger partial charge is 0.190 e. The highest BCUT2D eigenvalue weighted by Crippen LogP contribution is 2.28. The Kier molecular flexibility index (Phi) is 4.62. The molecule has 0 aromatic rings. The summed E-state index contributed by atoms with van der Waals surface area (Å²) in [6, 6.07) is 1.16. The van der Waals surface area contributed by atoms with Crippen LogP contribution in [0.4, 0.5) is 0 Å². The fraction of sp³-hybridized carbons (Fsp3) is 1.00. The molecule has 0 amide bonds. The summed E-state index contributed by atoms with van der Waals surface area (Å²) in [5.41, 5.74) is 0.350. The predicted octanol–water partition coefficient (Wildman–Crippen LogP) is 3.25. The molecule has 3 heteroatoms. The molecule has 0 radical (unpaired) electrons. The normalized spacial score (nSPS) is 15.9. The maximum atomic E-state index is 5.88. The van der Waals surface area contributed by atoms with Gasteiger partial charge in [0.15, 0.2) is 8.32 Å². The SMILES string of the molecule is COC(C)O[Si](C)(C)CC(C)(C)C. The van der Waals surface area contributed by atoms with Crippen LogP contribution in [0.15, 0.2) is 0 Å². The summed E-state index contributed by atoms with van der Waals surface area (Å²) < 4.78 is 11.0. The largest absolute Gasteiger partial charge is 0.393 e. The molecule has 13 heavy (non-hydrogen) atoms. The monoisotopic (exact) mass is 204 g/mol. The highest BCUT2D eigenvalue weighted by molar-refractivity contribution is 6.71. The molecule has 0 saturated heterocycles. The molecular weight excluding hydrogens is 180 g/mol. The first kappa shape index (κ1) is 13.1. The van der Waals surface area contributed by atoms with Crippen LogP contribution in [-0.2, 0) is 9.16 Å². The van der Waals surface area contributed by atoms with Gasteiger partial charge in [-0.1, -0.05) is 20.8 Å². The van der Waals surface area contributed by atoms with Gasteiger partial charge < -0.3 is 9.16 Å². The van der Waals surface area contributed by atoms with E-state index in [1.165, 1.54) is 0 Å². The van der Waals surface area contributed by atoms with Crippen molar-refractivity contribution in [3.8, 4) is 0 Å². The van der Waals surface area contributed by atoms with Gasteiger partial charge in [0.2, 0.25) is 0 Å². The van der Waals surface area contributed by atoms with Crippen molar-refractivity contribution >= 4 is 8.32 Å². The van der Waals surface area contributed by atoms with Crippen LogP contribution in [0, 0.1) is 5.41 Å². The maximum Gasteiger partial charge on any atom is 0.190 e. The van der Waals surface area contributed by atoms with Gasteiger partial charge in [0, 0.05) is 7.11 Å². The highest BCUT2D eigenvalue weighted by atomic mass is 28.4. The number of rotatable bonds is 4. The summed E-state index contributed by atoms with van der Waals surface area (Å²) in [6.45, 7) is 13.2. The van der Waals surface area contributed by atoms with Crippen molar-refractivity contribution in [3.05, 3.63) is 0 Å². The van der Waals surface area contributed by atoms with Crippen molar-refractivity contribution in [3.63, 3.8) is 0 Å². The Balaban J connectivity index is 4.08. The minimum absolute atomic E-state index is 0.0657. The van der Waals surface area contributed by atoms with Gasteiger partial charge in [0.25, 0.3) is 0 Å². The molecule has 1 unspecified atom stereocenters. The van der Waals surface area contributed by atoms with Crippen LogP contribution in [0.3, 0.4) is 0 Å². The van der Waals surface area contributed by atoms with Gasteiger partial charge in [0.05, 0.1) is 0 Å². The van der Waals surface area contributed by atoms with Crippen molar-refractivity contribution in [1.29, 1.82) is 0 Å². The molecule has 0 N–H and O–H groups in total. The third kappa shape index (κ3) is 7.23. The van der Waals surface area contributed by atoms with Crippen molar-refractivity contribution in [2.45, 2.75) is 53.1 Å². The lowest BCUT2D eigenvalue weighted by Gasteiger charge is -2.32. The topological polar surface area (TPSA) is 18.5 Å². The fourth-order valence-corrected chi connectivity index (χ4v) is 5.45. The minimum atomic E-state index is -1.55. The van der Waals surface area contributed by atoms with Crippen molar-refractivity contribution < 1.29 is 9.16 Å². The summed E-state index contributed by atoms with van der Waals surface area (Å²) in [4.78, 5) is 0. The zero-order valence-electron chi connectivity index (χ0n) is 10.1. The average molecular weight is 204 g/mol. The van der Waals surface area contributed by atoms with Crippen molar-refractivity contribution in [2.24, 2.45) is 5.41 Å². The molecule has 0 fully saturated rings. The quantitative estimate of drug-likeness (QED) is 0.517. The van der Waals surface area contributed by atoms with Crippen molar-refractivity contribution in [1.82, 2.24) is 0 Å². The summed E-state index contributed by atoms with van der Waals surface area (Å²) in [5.74, 6) is 0. The van der Waals surface area contributed by atoms with Gasteiger partial charge in [-0.25, -0.2) is 0 Å². The van der Waals surface area contributed by atoms with Gasteiger partial charge in [-0.05, 0) is 31.5 Å². The van der Waals surface area contributed by atoms with Crippen LogP contribution < -0.4 is 0 Å². The van der Waals surface area contributed by atoms with Gasteiger partial charge >= 0.3 is 0 Å². The maximum absolute atomic E-state index is 5.88. The second-order valence-corrected chi connectivity index (χ2v) is 9.53. The molecule has 0 rings (SSSR count). The van der Waals surface area contributed by atoms with Crippen molar-refractivity contribution in [2.75, 3.05) is 7.11 Å². The third-order valence-electron chi connectivity index (χ3n) is 1.77. The first-order chi connectivity index (χ1) is 5.66. The molecule has 0 saturated carbocycles. The Labute approximate surface area is 83.8 Å². The van der Waals surface area contributed by atoms with Crippen LogP contribution >= 0.6 is 0 Å². The minimum Gasteiger partial charge on any atom is -0.393 e. The van der Waals surface area contributed by atoms with Crippen LogP contribution in [0.25, 0.3) is 0 Å². The zero-order valence-corrected chi connectivity index (χ0v) is 11.1. The Morgan fingerprint density at radius 2 is 1.69 bits per heavy atom. The third-order valence-corrected chi connectivity index (χ3v) is 4.66. The standard InChI is InChI=1S/C10H24O2Si/c1-9(11-5)12-13(6,7)8-10(2,3)4/h9H,8H2,1-7H3. The van der Waals surface area contributed by atoms with E-state index < -0.39 is 8.32 Å². The Morgan fingerprint density at radius 1 is 1.23 bits per heavy atom. The number of hydrogen-bond donors (Lipinski definition) is 0. The molecule has 0 aliphatic rings. The van der Waals surface area contributed by atoms with E-state index in [2.05, 4.69) is 33.9 Å². The molecule has 0 aromatic heterocycles. The van der Waals surface area contributed by atoms with E-state index >= 15 is 0 Å². The highest BCUT2D eigenvalue weighted by Gasteiger charge is 2.30. The van der Waals surface area contributed by atoms with Crippen LogP contribution in [-0.4, -0.2) is 21.7 Å². The lowest BCUT2D eigenvalue weighted by Crippen LogP contribution is -2.38. The van der Waals surface area contributed by atoms with Gasteiger partial charge in [-0.2, -0.15) is 0 Å². The number of hydrogen-bond acceptors (Lipinski definition) is 2. The van der Waals surface area contributed by atoms with E-state index in [0.717, 1.165) is 6.04 Å². The molecule has 0 aliphatic carbocycles. The first-order valence-electron chi connectivity index (χ1n) is 4.87. The lowest BCUT2D eigenvalue weighted by atomic mass is 10.0. The van der Waals surface area contributed by atoms with Gasteiger partial charge in [-0.3, -0.25) is 0 Å². The summed E-state index contributed by atoms with van der Waals surface area (Å²) >= 11 is 0. The first-order valence-corrected chi connectivity index (χ1v) is 7.98. The summed E-state index contributed by atoms with van der Waals surface area (Å²) in [7, 11) is 0.139. The Bertz CT molecular complexity index is 149. The molecular formula is C10H24O2Si. The second kappa shape index (κ2) is 4.58. The second-order valence-electron chi connectivity index (χ2n) is 5.42. The van der Waals surface area contributed by atoms with E-state index in [-0.39, 0.29) is 6.29 Å². The predicted molar refractivity (Wildman–Crippen MR) is 59.3 cm³/mol. The van der Waals surface area contributed by atoms with Crippen LogP contribution in [0.2, 0.25) is 19.1 Å². The molecule has 0 aliphatic heterocycles. The van der Waals surface area contributed by atoms with Crippen LogP contribution in [0.5, 0.6) is 0 Å². The van der Waals surface area contributed by atoms with E-state index in [1.807, 2.05) is 6.92 Å². The zero-order chi connectivity index (χ0) is 10.7. The molecule has 0 heterocycles. The summed E-state index contributed by atoms with van der Waals surface area (Å²) in [6.07, 6.45) is -0.0657. The Morgan fingerprint density at radius 3 is 2.00 bits per heavy atom. The molecule has 0 aromatic carbocycles. The van der Waals surface area contributed by atoms with E-state index in [4.69, 9.17) is 9.16 Å². The molecule has 0 spiro atoms. The Hall–Kier alpha value is 0.137. The van der Waals surface area contributed by atoms with Gasteiger partial charge in [-0.15, -0.1) is 0 Å². The average Bonchev–Trinajstić information content (AvgIpc) is 1.80. The van der Waals surface area contributed by atoms with Crippen LogP contribution in [0.1, 0.15) is 27.7 Å². The fourth-order valence-electron chi connectivity index (χ4n) is 1.82. The molecule has 1 atom stereocenters. The number of methoxy groups -OCH3 is 1. The van der Waals surface area contributed by atoms with E-state index in [1.54, 1.807) is 7.11 Å².